The van der Waals surface area contributed by atoms with Gasteiger partial charge in [0.15, 0.2) is 0 Å². The molecule has 28 heavy (non-hydrogen) atoms. The largest absolute Gasteiger partial charge is 0.444 e. The first-order chi connectivity index (χ1) is 12.7. The molecule has 158 valence electrons. The van der Waals surface area contributed by atoms with Gasteiger partial charge in [-0.1, -0.05) is 0 Å². The van der Waals surface area contributed by atoms with Crippen LogP contribution in [0.3, 0.4) is 0 Å². The summed E-state index contributed by atoms with van der Waals surface area (Å²) in [4.78, 5) is 14.1. The lowest BCUT2D eigenvalue weighted by molar-refractivity contribution is -0.0342. The van der Waals surface area contributed by atoms with Crippen LogP contribution in [0.15, 0.2) is 0 Å². The number of hydrogen-bond donors (Lipinski definition) is 1. The van der Waals surface area contributed by atoms with Crippen molar-refractivity contribution < 1.29 is 23.4 Å². The van der Waals surface area contributed by atoms with Crippen molar-refractivity contribution in [1.29, 1.82) is 0 Å². The highest BCUT2D eigenvalue weighted by molar-refractivity contribution is 5.69. The molecule has 2 aliphatic rings. The smallest absolute Gasteiger partial charge is 0.410 e. The van der Waals surface area contributed by atoms with E-state index in [4.69, 9.17) is 4.74 Å². The van der Waals surface area contributed by atoms with Gasteiger partial charge in [0.05, 0.1) is 17.8 Å². The number of ether oxygens (including phenoxy) is 1. The summed E-state index contributed by atoms with van der Waals surface area (Å²) < 4.78 is 36.9. The molecule has 1 aromatic heterocycles. The van der Waals surface area contributed by atoms with Crippen molar-refractivity contribution in [2.24, 2.45) is 5.92 Å². The fraction of sp³-hybridized carbons (Fsp3) is 0.800. The Balaban J connectivity index is 1.97. The van der Waals surface area contributed by atoms with Crippen LogP contribution in [-0.4, -0.2) is 43.1 Å². The Labute approximate surface area is 164 Å². The van der Waals surface area contributed by atoms with E-state index in [-0.39, 0.29) is 43.6 Å². The van der Waals surface area contributed by atoms with E-state index in [1.54, 1.807) is 34.6 Å². The molecule has 2 atom stereocenters. The molecule has 2 unspecified atom stereocenters. The maximum atomic E-state index is 15.1. The van der Waals surface area contributed by atoms with Crippen LogP contribution >= 0.6 is 0 Å². The molecule has 0 aliphatic carbocycles. The topological polar surface area (TPSA) is 67.6 Å². The second kappa shape index (κ2) is 6.68. The van der Waals surface area contributed by atoms with Crippen molar-refractivity contribution in [2.75, 3.05) is 0 Å². The normalized spacial score (nSPS) is 25.0. The van der Waals surface area contributed by atoms with Crippen molar-refractivity contribution >= 4 is 6.09 Å². The minimum atomic E-state index is -3.05. The summed E-state index contributed by atoms with van der Waals surface area (Å²) in [5.41, 5.74) is -0.810. The molecule has 0 fully saturated rings. The lowest BCUT2D eigenvalue weighted by Crippen LogP contribution is -2.45. The number of aromatic nitrogens is 2. The highest BCUT2D eigenvalue weighted by atomic mass is 19.3. The second-order valence-electron chi connectivity index (χ2n) is 9.71. The Hall–Kier alpha value is -1.70. The summed E-state index contributed by atoms with van der Waals surface area (Å²) in [6.07, 6.45) is -0.239. The summed E-state index contributed by atoms with van der Waals surface area (Å²) >= 11 is 0. The number of amides is 1. The number of carbonyl (C=O) groups excluding carboxylic acids is 1. The van der Waals surface area contributed by atoms with E-state index in [0.29, 0.717) is 17.7 Å². The summed E-state index contributed by atoms with van der Waals surface area (Å²) in [5.74, 6) is -3.37. The van der Waals surface area contributed by atoms with Gasteiger partial charge in [-0.25, -0.2) is 4.79 Å². The number of alkyl halides is 2. The van der Waals surface area contributed by atoms with Gasteiger partial charge in [-0.15, -0.1) is 0 Å². The number of rotatable bonds is 1. The van der Waals surface area contributed by atoms with Crippen LogP contribution in [0.5, 0.6) is 0 Å². The molecule has 2 aliphatic heterocycles. The highest BCUT2D eigenvalue weighted by Gasteiger charge is 2.46. The summed E-state index contributed by atoms with van der Waals surface area (Å²) in [6.45, 7) is 10.8. The van der Waals surface area contributed by atoms with Gasteiger partial charge in [0.2, 0.25) is 0 Å². The molecule has 0 aromatic carbocycles. The van der Waals surface area contributed by atoms with E-state index in [1.807, 2.05) is 6.92 Å². The SMILES string of the molecule is CC1Cc2nn3c(c2CN1C(=O)OC(C)(C)C)C(F)(F)CCC(C(C)(C)O)C3. The van der Waals surface area contributed by atoms with Crippen molar-refractivity contribution in [3.05, 3.63) is 17.0 Å². The summed E-state index contributed by atoms with van der Waals surface area (Å²) in [5, 5.41) is 14.9. The first kappa shape index (κ1) is 21.0. The Kier molecular flexibility index (Phi) is 5.01. The molecule has 3 rings (SSSR count). The third kappa shape index (κ3) is 4.02. The van der Waals surface area contributed by atoms with Crippen molar-refractivity contribution in [3.63, 3.8) is 0 Å². The maximum absolute atomic E-state index is 15.1. The first-order valence-corrected chi connectivity index (χ1v) is 9.88. The number of nitrogens with zero attached hydrogens (tertiary/aromatic N) is 3. The molecule has 0 saturated heterocycles. The fourth-order valence-electron chi connectivity index (χ4n) is 4.05. The zero-order chi connectivity index (χ0) is 21.1. The van der Waals surface area contributed by atoms with E-state index in [1.165, 1.54) is 9.58 Å². The van der Waals surface area contributed by atoms with Gasteiger partial charge in [0.25, 0.3) is 5.92 Å². The lowest BCUT2D eigenvalue weighted by atomic mass is 9.86. The molecule has 3 heterocycles. The molecule has 1 amide bonds. The van der Waals surface area contributed by atoms with Gasteiger partial charge >= 0.3 is 6.09 Å². The van der Waals surface area contributed by atoms with Crippen LogP contribution in [0.2, 0.25) is 0 Å². The van der Waals surface area contributed by atoms with Crippen LogP contribution < -0.4 is 0 Å². The average molecular weight is 399 g/mol. The van der Waals surface area contributed by atoms with E-state index in [0.717, 1.165) is 0 Å². The zero-order valence-electron chi connectivity index (χ0n) is 17.6. The Morgan fingerprint density at radius 3 is 2.50 bits per heavy atom. The molecule has 0 spiro atoms. The third-order valence-electron chi connectivity index (χ3n) is 5.66. The number of aliphatic hydroxyl groups is 1. The second-order valence-corrected chi connectivity index (χ2v) is 9.71. The molecule has 8 heteroatoms. The van der Waals surface area contributed by atoms with Crippen LogP contribution in [0.1, 0.15) is 71.3 Å². The van der Waals surface area contributed by atoms with Crippen molar-refractivity contribution in [2.45, 2.75) is 97.1 Å². The van der Waals surface area contributed by atoms with Gasteiger partial charge in [-0.2, -0.15) is 13.9 Å². The molecule has 6 nitrogen and oxygen atoms in total. The van der Waals surface area contributed by atoms with Gasteiger partial charge in [-0.05, 0) is 48.0 Å². The molecular formula is C20H31F2N3O3. The number of hydrogen-bond acceptors (Lipinski definition) is 4. The molecular weight excluding hydrogens is 368 g/mol. The van der Waals surface area contributed by atoms with Crippen LogP contribution in [0.4, 0.5) is 13.6 Å². The third-order valence-corrected chi connectivity index (χ3v) is 5.66. The molecule has 0 saturated carbocycles. The quantitative estimate of drug-likeness (QED) is 0.779. The van der Waals surface area contributed by atoms with Crippen LogP contribution in [0, 0.1) is 5.92 Å². The van der Waals surface area contributed by atoms with Gasteiger partial charge in [0.1, 0.15) is 11.3 Å². The number of fused-ring (bicyclic) bond motifs is 3. The Morgan fingerprint density at radius 2 is 1.93 bits per heavy atom. The van der Waals surface area contributed by atoms with Gasteiger partial charge in [-0.3, -0.25) is 4.68 Å². The van der Waals surface area contributed by atoms with Crippen molar-refractivity contribution in [3.8, 4) is 0 Å². The van der Waals surface area contributed by atoms with E-state index in [2.05, 4.69) is 5.10 Å². The number of carbonyl (C=O) groups is 1. The van der Waals surface area contributed by atoms with E-state index < -0.39 is 23.2 Å². The van der Waals surface area contributed by atoms with Crippen LogP contribution in [-0.2, 0) is 30.2 Å². The molecule has 0 bridgehead atoms. The van der Waals surface area contributed by atoms with Crippen molar-refractivity contribution in [1.82, 2.24) is 14.7 Å². The first-order valence-electron chi connectivity index (χ1n) is 9.88. The lowest BCUT2D eigenvalue weighted by Gasteiger charge is -2.35. The maximum Gasteiger partial charge on any atom is 0.410 e. The zero-order valence-corrected chi connectivity index (χ0v) is 17.6. The minimum absolute atomic E-state index is 0.0590. The average Bonchev–Trinajstić information content (AvgIpc) is 2.78. The van der Waals surface area contributed by atoms with E-state index in [9.17, 15) is 9.90 Å². The monoisotopic (exact) mass is 399 g/mol. The van der Waals surface area contributed by atoms with E-state index >= 15 is 8.78 Å². The predicted molar refractivity (Wildman–Crippen MR) is 100 cm³/mol. The van der Waals surface area contributed by atoms with Gasteiger partial charge in [0, 0.05) is 36.9 Å². The summed E-state index contributed by atoms with van der Waals surface area (Å²) in [7, 11) is 0. The Morgan fingerprint density at radius 1 is 1.29 bits per heavy atom. The molecule has 0 radical (unpaired) electrons. The predicted octanol–water partition coefficient (Wildman–Crippen LogP) is 3.84. The molecule has 1 aromatic rings. The standard InChI is InChI=1S/C20H31F2N3O3/c1-12-9-15-14(11-24(12)17(26)28-18(2,3)4)16-20(21,22)8-7-13(19(5,6)27)10-25(16)23-15/h12-13,27H,7-11H2,1-6H3. The summed E-state index contributed by atoms with van der Waals surface area (Å²) in [6, 6.07) is -0.194. The highest BCUT2D eigenvalue weighted by Crippen LogP contribution is 2.44. The fourth-order valence-corrected chi connectivity index (χ4v) is 4.05. The number of halogens is 2. The van der Waals surface area contributed by atoms with Gasteiger partial charge < -0.3 is 14.7 Å². The Bertz CT molecular complexity index is 762. The minimum Gasteiger partial charge on any atom is -0.444 e. The van der Waals surface area contributed by atoms with Crippen LogP contribution in [0.25, 0.3) is 0 Å². The molecule has 1 N–H and O–H groups in total.